The van der Waals surface area contributed by atoms with Gasteiger partial charge in [-0.15, -0.1) is 11.3 Å². The average Bonchev–Trinajstić information content (AvgIpc) is 3.06. The van der Waals surface area contributed by atoms with Crippen LogP contribution >= 0.6 is 11.3 Å². The molecule has 0 saturated heterocycles. The van der Waals surface area contributed by atoms with Gasteiger partial charge in [0.1, 0.15) is 0 Å². The predicted molar refractivity (Wildman–Crippen MR) is 99.2 cm³/mol. The number of hydrogen-bond donors (Lipinski definition) is 1. The largest absolute Gasteiger partial charge is 0.252 e. The highest BCUT2D eigenvalue weighted by Crippen LogP contribution is 2.25. The van der Waals surface area contributed by atoms with Crippen LogP contribution in [0.15, 0.2) is 65.1 Å². The zero-order valence-corrected chi connectivity index (χ0v) is 14.1. The van der Waals surface area contributed by atoms with Gasteiger partial charge in [-0.1, -0.05) is 67.1 Å². The molecule has 1 heterocycles. The molecule has 0 aliphatic carbocycles. The third-order valence-electron chi connectivity index (χ3n) is 3.58. The number of hydrogen-bond acceptors (Lipinski definition) is 4. The van der Waals surface area contributed by atoms with Crippen LogP contribution < -0.4 is 5.43 Å². The quantitative estimate of drug-likeness (QED) is 0.508. The number of thiazole rings is 1. The van der Waals surface area contributed by atoms with Gasteiger partial charge in [0.2, 0.25) is 5.13 Å². The van der Waals surface area contributed by atoms with Crippen molar-refractivity contribution in [3.63, 3.8) is 0 Å². The second-order valence-electron chi connectivity index (χ2n) is 5.29. The van der Waals surface area contributed by atoms with Gasteiger partial charge in [0, 0.05) is 10.9 Å². The minimum atomic E-state index is 0.808. The lowest BCUT2D eigenvalue weighted by molar-refractivity contribution is 1.21. The molecule has 0 saturated carbocycles. The summed E-state index contributed by atoms with van der Waals surface area (Å²) < 4.78 is 0. The normalized spacial score (nSPS) is 11.5. The maximum absolute atomic E-state index is 4.61. The molecular weight excluding hydrogens is 302 g/mol. The van der Waals surface area contributed by atoms with Crippen molar-refractivity contribution in [3.05, 3.63) is 71.1 Å². The van der Waals surface area contributed by atoms with Crippen molar-refractivity contribution < 1.29 is 0 Å². The number of rotatable bonds is 5. The minimum Gasteiger partial charge on any atom is -0.252 e. The molecule has 23 heavy (non-hydrogen) atoms. The number of nitrogens with zero attached hydrogens (tertiary/aromatic N) is 2. The van der Waals surface area contributed by atoms with Crippen molar-refractivity contribution in [2.45, 2.75) is 20.3 Å². The molecule has 3 rings (SSSR count). The second-order valence-corrected chi connectivity index (χ2v) is 6.15. The third kappa shape index (κ3) is 3.85. The highest BCUT2D eigenvalue weighted by atomic mass is 32.1. The van der Waals surface area contributed by atoms with Crippen molar-refractivity contribution in [2.75, 3.05) is 5.43 Å². The molecule has 0 aliphatic rings. The summed E-state index contributed by atoms with van der Waals surface area (Å²) in [7, 11) is 0. The fourth-order valence-corrected chi connectivity index (χ4v) is 2.94. The molecule has 0 unspecified atom stereocenters. The fraction of sp³-hybridized carbons (Fsp3) is 0.158. The Morgan fingerprint density at radius 3 is 2.52 bits per heavy atom. The summed E-state index contributed by atoms with van der Waals surface area (Å²) in [6.07, 6.45) is 0.868. The number of anilines is 1. The first-order valence-corrected chi connectivity index (χ1v) is 8.55. The summed E-state index contributed by atoms with van der Waals surface area (Å²) in [6, 6.07) is 18.6. The van der Waals surface area contributed by atoms with Gasteiger partial charge in [0.05, 0.1) is 11.4 Å². The van der Waals surface area contributed by atoms with Crippen LogP contribution in [-0.4, -0.2) is 10.7 Å². The first-order chi connectivity index (χ1) is 11.3. The van der Waals surface area contributed by atoms with E-state index in [2.05, 4.69) is 71.1 Å². The topological polar surface area (TPSA) is 37.3 Å². The SMILES string of the molecule is CCC(=NNc1nc(-c2ccc(C)cc2)cs1)c1ccccc1. The van der Waals surface area contributed by atoms with Gasteiger partial charge in [-0.2, -0.15) is 5.10 Å². The van der Waals surface area contributed by atoms with Gasteiger partial charge < -0.3 is 0 Å². The van der Waals surface area contributed by atoms with Gasteiger partial charge in [-0.05, 0) is 18.9 Å². The molecular formula is C19H19N3S. The Balaban J connectivity index is 1.76. The first kappa shape index (κ1) is 15.4. The van der Waals surface area contributed by atoms with E-state index in [9.17, 15) is 0 Å². The Bertz CT molecular complexity index is 789. The highest BCUT2D eigenvalue weighted by molar-refractivity contribution is 7.14. The van der Waals surface area contributed by atoms with Crippen molar-refractivity contribution in [3.8, 4) is 11.3 Å². The van der Waals surface area contributed by atoms with Crippen molar-refractivity contribution in [2.24, 2.45) is 5.10 Å². The summed E-state index contributed by atoms with van der Waals surface area (Å²) in [6.45, 7) is 4.19. The summed E-state index contributed by atoms with van der Waals surface area (Å²) in [5, 5.41) is 7.38. The lowest BCUT2D eigenvalue weighted by Gasteiger charge is -2.03. The third-order valence-corrected chi connectivity index (χ3v) is 4.33. The van der Waals surface area contributed by atoms with E-state index in [0.29, 0.717) is 0 Å². The lowest BCUT2D eigenvalue weighted by atomic mass is 10.1. The molecule has 0 aliphatic heterocycles. The molecule has 0 atom stereocenters. The Morgan fingerprint density at radius 2 is 1.83 bits per heavy atom. The smallest absolute Gasteiger partial charge is 0.203 e. The molecule has 3 nitrogen and oxygen atoms in total. The van der Waals surface area contributed by atoms with Crippen molar-refractivity contribution in [1.29, 1.82) is 0 Å². The van der Waals surface area contributed by atoms with E-state index in [-0.39, 0.29) is 0 Å². The van der Waals surface area contributed by atoms with Crippen LogP contribution in [0.1, 0.15) is 24.5 Å². The summed E-state index contributed by atoms with van der Waals surface area (Å²) in [4.78, 5) is 4.61. The Morgan fingerprint density at radius 1 is 1.09 bits per heavy atom. The Kier molecular flexibility index (Phi) is 4.83. The number of hydrazone groups is 1. The van der Waals surface area contributed by atoms with Gasteiger partial charge in [0.15, 0.2) is 0 Å². The molecule has 0 bridgehead atoms. The Hall–Kier alpha value is -2.46. The lowest BCUT2D eigenvalue weighted by Crippen LogP contribution is -2.02. The molecule has 1 N–H and O–H groups in total. The maximum atomic E-state index is 4.61. The number of aryl methyl sites for hydroxylation is 1. The predicted octanol–water partition coefficient (Wildman–Crippen LogP) is 5.34. The molecule has 0 spiro atoms. The fourth-order valence-electron chi connectivity index (χ4n) is 2.28. The first-order valence-electron chi connectivity index (χ1n) is 7.67. The minimum absolute atomic E-state index is 0.808. The van der Waals surface area contributed by atoms with E-state index in [1.165, 1.54) is 5.56 Å². The van der Waals surface area contributed by atoms with E-state index < -0.39 is 0 Å². The van der Waals surface area contributed by atoms with Crippen molar-refractivity contribution in [1.82, 2.24) is 4.98 Å². The van der Waals surface area contributed by atoms with Crippen LogP contribution in [0.4, 0.5) is 5.13 Å². The van der Waals surface area contributed by atoms with Gasteiger partial charge in [-0.25, -0.2) is 4.98 Å². The standard InChI is InChI=1S/C19H19N3S/c1-3-17(15-7-5-4-6-8-15)21-22-19-20-18(13-23-19)16-11-9-14(2)10-12-16/h4-13H,3H2,1-2H3,(H,20,22). The highest BCUT2D eigenvalue weighted by Gasteiger charge is 2.05. The van der Waals surface area contributed by atoms with Crippen molar-refractivity contribution >= 4 is 22.2 Å². The number of aromatic nitrogens is 1. The monoisotopic (exact) mass is 321 g/mol. The molecule has 0 radical (unpaired) electrons. The van der Waals surface area contributed by atoms with Crippen LogP contribution in [0.2, 0.25) is 0 Å². The van der Waals surface area contributed by atoms with E-state index >= 15 is 0 Å². The summed E-state index contributed by atoms with van der Waals surface area (Å²) >= 11 is 1.57. The zero-order chi connectivity index (χ0) is 16.1. The molecule has 2 aromatic carbocycles. The number of nitrogens with one attached hydrogen (secondary N) is 1. The molecule has 0 amide bonds. The van der Waals surface area contributed by atoms with Crippen LogP contribution in [-0.2, 0) is 0 Å². The van der Waals surface area contributed by atoms with E-state index in [4.69, 9.17) is 0 Å². The van der Waals surface area contributed by atoms with Crippen LogP contribution in [0.5, 0.6) is 0 Å². The summed E-state index contributed by atoms with van der Waals surface area (Å²) in [5.41, 5.74) is 8.61. The number of benzene rings is 2. The zero-order valence-electron chi connectivity index (χ0n) is 13.3. The molecule has 4 heteroatoms. The average molecular weight is 321 g/mol. The molecule has 3 aromatic rings. The summed E-state index contributed by atoms with van der Waals surface area (Å²) in [5.74, 6) is 0. The van der Waals surface area contributed by atoms with E-state index in [1.807, 2.05) is 18.2 Å². The second kappa shape index (κ2) is 7.20. The van der Waals surface area contributed by atoms with Gasteiger partial charge >= 0.3 is 0 Å². The Labute approximate surface area is 140 Å². The van der Waals surface area contributed by atoms with Crippen LogP contribution in [0, 0.1) is 6.92 Å². The van der Waals surface area contributed by atoms with E-state index in [1.54, 1.807) is 11.3 Å². The molecule has 116 valence electrons. The van der Waals surface area contributed by atoms with Crippen LogP contribution in [0.25, 0.3) is 11.3 Å². The molecule has 0 fully saturated rings. The maximum Gasteiger partial charge on any atom is 0.203 e. The van der Waals surface area contributed by atoms with Gasteiger partial charge in [0.25, 0.3) is 0 Å². The van der Waals surface area contributed by atoms with Gasteiger partial charge in [-0.3, -0.25) is 5.43 Å². The van der Waals surface area contributed by atoms with Crippen LogP contribution in [0.3, 0.4) is 0 Å². The van der Waals surface area contributed by atoms with E-state index in [0.717, 1.165) is 34.1 Å². The molecule has 1 aromatic heterocycles.